The van der Waals surface area contributed by atoms with Gasteiger partial charge in [-0.3, -0.25) is 0 Å². The van der Waals surface area contributed by atoms with Gasteiger partial charge in [-0.2, -0.15) is 0 Å². The molecular formula is C9H17NO2. The Balaban J connectivity index is 1.77. The van der Waals surface area contributed by atoms with Crippen molar-refractivity contribution in [3.8, 4) is 0 Å². The zero-order chi connectivity index (χ0) is 8.39. The summed E-state index contributed by atoms with van der Waals surface area (Å²) in [4.78, 5) is 0. The van der Waals surface area contributed by atoms with Crippen LogP contribution in [0.25, 0.3) is 0 Å². The first-order valence-electron chi connectivity index (χ1n) is 4.90. The fraction of sp³-hybridized carbons (Fsp3) is 1.00. The second kappa shape index (κ2) is 3.73. The van der Waals surface area contributed by atoms with Gasteiger partial charge >= 0.3 is 0 Å². The summed E-state index contributed by atoms with van der Waals surface area (Å²) in [6.45, 7) is 2.02. The van der Waals surface area contributed by atoms with Gasteiger partial charge in [0.25, 0.3) is 0 Å². The molecule has 1 saturated heterocycles. The SMILES string of the molecule is OC1CCCC1OC1CCNC1. The van der Waals surface area contributed by atoms with E-state index in [0.717, 1.165) is 38.8 Å². The third-order valence-electron chi connectivity index (χ3n) is 2.80. The first-order chi connectivity index (χ1) is 5.86. The van der Waals surface area contributed by atoms with Gasteiger partial charge in [0, 0.05) is 6.54 Å². The standard InChI is InChI=1S/C9H17NO2/c11-8-2-1-3-9(8)12-7-4-5-10-6-7/h7-11H,1-6H2. The fourth-order valence-corrected chi connectivity index (χ4v) is 2.06. The van der Waals surface area contributed by atoms with Gasteiger partial charge in [-0.15, -0.1) is 0 Å². The lowest BCUT2D eigenvalue weighted by atomic mass is 10.2. The molecule has 0 amide bonds. The van der Waals surface area contributed by atoms with Crippen molar-refractivity contribution in [2.24, 2.45) is 0 Å². The Labute approximate surface area is 73.1 Å². The Hall–Kier alpha value is -0.120. The second-order valence-electron chi connectivity index (χ2n) is 3.79. The molecule has 3 nitrogen and oxygen atoms in total. The Morgan fingerprint density at radius 3 is 2.75 bits per heavy atom. The van der Waals surface area contributed by atoms with Crippen LogP contribution in [0.4, 0.5) is 0 Å². The lowest BCUT2D eigenvalue weighted by Crippen LogP contribution is -2.29. The summed E-state index contributed by atoms with van der Waals surface area (Å²) >= 11 is 0. The number of hydrogen-bond donors (Lipinski definition) is 2. The molecule has 0 radical (unpaired) electrons. The minimum absolute atomic E-state index is 0.120. The number of aliphatic hydroxyl groups is 1. The molecule has 3 atom stereocenters. The molecule has 3 unspecified atom stereocenters. The van der Waals surface area contributed by atoms with Gasteiger partial charge < -0.3 is 15.2 Å². The van der Waals surface area contributed by atoms with Gasteiger partial charge in [-0.1, -0.05) is 0 Å². The van der Waals surface area contributed by atoms with E-state index >= 15 is 0 Å². The van der Waals surface area contributed by atoms with Gasteiger partial charge in [-0.25, -0.2) is 0 Å². The number of aliphatic hydroxyl groups excluding tert-OH is 1. The zero-order valence-corrected chi connectivity index (χ0v) is 7.33. The molecule has 1 aliphatic carbocycles. The molecule has 1 saturated carbocycles. The van der Waals surface area contributed by atoms with Gasteiger partial charge in [-0.05, 0) is 32.2 Å². The molecule has 2 N–H and O–H groups in total. The molecule has 0 aromatic heterocycles. The van der Waals surface area contributed by atoms with Gasteiger partial charge in [0.1, 0.15) is 0 Å². The van der Waals surface area contributed by atoms with E-state index in [1.54, 1.807) is 0 Å². The monoisotopic (exact) mass is 171 g/mol. The highest BCUT2D eigenvalue weighted by Gasteiger charge is 2.29. The van der Waals surface area contributed by atoms with Crippen LogP contribution in [0.15, 0.2) is 0 Å². The largest absolute Gasteiger partial charge is 0.390 e. The maximum atomic E-state index is 9.50. The molecule has 0 aromatic rings. The van der Waals surface area contributed by atoms with E-state index in [-0.39, 0.29) is 12.2 Å². The van der Waals surface area contributed by atoms with E-state index in [9.17, 15) is 5.11 Å². The van der Waals surface area contributed by atoms with E-state index in [2.05, 4.69) is 5.32 Å². The molecule has 0 spiro atoms. The summed E-state index contributed by atoms with van der Waals surface area (Å²) in [5.41, 5.74) is 0. The Morgan fingerprint density at radius 1 is 1.25 bits per heavy atom. The third-order valence-corrected chi connectivity index (χ3v) is 2.80. The van der Waals surface area contributed by atoms with Gasteiger partial charge in [0.05, 0.1) is 18.3 Å². The molecule has 12 heavy (non-hydrogen) atoms. The van der Waals surface area contributed by atoms with Crippen LogP contribution in [0.2, 0.25) is 0 Å². The third kappa shape index (κ3) is 1.79. The minimum Gasteiger partial charge on any atom is -0.390 e. The van der Waals surface area contributed by atoms with Crippen LogP contribution in [-0.2, 0) is 4.74 Å². The maximum absolute atomic E-state index is 9.50. The summed E-state index contributed by atoms with van der Waals surface area (Å²) in [6.07, 6.45) is 4.45. The Kier molecular flexibility index (Phi) is 2.63. The molecule has 1 aliphatic heterocycles. The summed E-state index contributed by atoms with van der Waals surface area (Å²) in [5, 5.41) is 12.8. The highest BCUT2D eigenvalue weighted by Crippen LogP contribution is 2.24. The zero-order valence-electron chi connectivity index (χ0n) is 7.33. The quantitative estimate of drug-likeness (QED) is 0.627. The van der Waals surface area contributed by atoms with Crippen LogP contribution in [0.5, 0.6) is 0 Å². The molecule has 1 heterocycles. The molecule has 3 heteroatoms. The van der Waals surface area contributed by atoms with Crippen molar-refractivity contribution in [3.05, 3.63) is 0 Å². The molecular weight excluding hydrogens is 154 g/mol. The molecule has 2 rings (SSSR count). The van der Waals surface area contributed by atoms with Crippen molar-refractivity contribution in [1.82, 2.24) is 5.32 Å². The molecule has 2 aliphatic rings. The van der Waals surface area contributed by atoms with E-state index in [1.807, 2.05) is 0 Å². The fourth-order valence-electron chi connectivity index (χ4n) is 2.06. The maximum Gasteiger partial charge on any atom is 0.0838 e. The van der Waals surface area contributed by atoms with E-state index in [0.29, 0.717) is 6.10 Å². The summed E-state index contributed by atoms with van der Waals surface area (Å²) in [5.74, 6) is 0. The van der Waals surface area contributed by atoms with Crippen LogP contribution in [0.1, 0.15) is 25.7 Å². The van der Waals surface area contributed by atoms with Crippen LogP contribution >= 0.6 is 0 Å². The van der Waals surface area contributed by atoms with Crippen LogP contribution < -0.4 is 5.32 Å². The normalized spacial score (nSPS) is 42.2. The second-order valence-corrected chi connectivity index (χ2v) is 3.79. The molecule has 0 bridgehead atoms. The molecule has 0 aromatic carbocycles. The molecule has 70 valence electrons. The van der Waals surface area contributed by atoms with Crippen LogP contribution in [0.3, 0.4) is 0 Å². The predicted molar refractivity (Wildman–Crippen MR) is 46.0 cm³/mol. The average Bonchev–Trinajstić information content (AvgIpc) is 2.65. The Morgan fingerprint density at radius 2 is 2.17 bits per heavy atom. The first kappa shape index (κ1) is 8.48. The molecule has 2 fully saturated rings. The predicted octanol–water partition coefficient (Wildman–Crippen LogP) is 0.278. The number of ether oxygens (including phenoxy) is 1. The summed E-state index contributed by atoms with van der Waals surface area (Å²) in [7, 11) is 0. The topological polar surface area (TPSA) is 41.5 Å². The van der Waals surface area contributed by atoms with Crippen molar-refractivity contribution in [2.45, 2.75) is 44.0 Å². The Bertz CT molecular complexity index is 145. The van der Waals surface area contributed by atoms with Crippen molar-refractivity contribution in [1.29, 1.82) is 0 Å². The minimum atomic E-state index is -0.203. The first-order valence-corrected chi connectivity index (χ1v) is 4.90. The van der Waals surface area contributed by atoms with E-state index in [4.69, 9.17) is 4.74 Å². The number of nitrogens with one attached hydrogen (secondary N) is 1. The van der Waals surface area contributed by atoms with Gasteiger partial charge in [0.15, 0.2) is 0 Å². The van der Waals surface area contributed by atoms with Crippen molar-refractivity contribution < 1.29 is 9.84 Å². The lowest BCUT2D eigenvalue weighted by Gasteiger charge is -2.19. The average molecular weight is 171 g/mol. The van der Waals surface area contributed by atoms with Crippen LogP contribution in [0, 0.1) is 0 Å². The van der Waals surface area contributed by atoms with Crippen LogP contribution in [-0.4, -0.2) is 36.5 Å². The number of rotatable bonds is 2. The highest BCUT2D eigenvalue weighted by atomic mass is 16.5. The summed E-state index contributed by atoms with van der Waals surface area (Å²) in [6, 6.07) is 0. The van der Waals surface area contributed by atoms with Crippen molar-refractivity contribution in [2.75, 3.05) is 13.1 Å². The van der Waals surface area contributed by atoms with E-state index < -0.39 is 0 Å². The van der Waals surface area contributed by atoms with E-state index in [1.165, 1.54) is 0 Å². The highest BCUT2D eigenvalue weighted by molar-refractivity contribution is 4.80. The summed E-state index contributed by atoms with van der Waals surface area (Å²) < 4.78 is 5.77. The number of hydrogen-bond acceptors (Lipinski definition) is 3. The lowest BCUT2D eigenvalue weighted by molar-refractivity contribution is -0.0540. The van der Waals surface area contributed by atoms with Crippen molar-refractivity contribution in [3.63, 3.8) is 0 Å². The van der Waals surface area contributed by atoms with Gasteiger partial charge in [0.2, 0.25) is 0 Å². The smallest absolute Gasteiger partial charge is 0.0838 e. The van der Waals surface area contributed by atoms with Crippen molar-refractivity contribution >= 4 is 0 Å².